The lowest BCUT2D eigenvalue weighted by atomic mass is 9.85. The summed E-state index contributed by atoms with van der Waals surface area (Å²) in [5.41, 5.74) is 0. The van der Waals surface area contributed by atoms with Crippen LogP contribution >= 0.6 is 0 Å². The minimum atomic E-state index is 0.500. The maximum Gasteiger partial charge on any atom is 0.0626 e. The van der Waals surface area contributed by atoms with Crippen LogP contribution in [0.4, 0.5) is 0 Å². The second-order valence-electron chi connectivity index (χ2n) is 5.67. The van der Waals surface area contributed by atoms with Crippen molar-refractivity contribution >= 4 is 0 Å². The number of hydrogen-bond donors (Lipinski definition) is 0. The molecular formula is C13H25NO. The van der Waals surface area contributed by atoms with E-state index in [1.807, 2.05) is 7.11 Å². The van der Waals surface area contributed by atoms with Crippen LogP contribution in [0.1, 0.15) is 33.1 Å². The minimum absolute atomic E-state index is 0.500. The van der Waals surface area contributed by atoms with E-state index in [0.717, 1.165) is 17.8 Å². The molecule has 2 aliphatic rings. The molecule has 1 aliphatic heterocycles. The fourth-order valence-electron chi connectivity index (χ4n) is 2.80. The third kappa shape index (κ3) is 2.94. The Hall–Kier alpha value is -0.0800. The molecule has 0 unspecified atom stereocenters. The number of likely N-dealkylation sites (tertiary alicyclic amines) is 1. The van der Waals surface area contributed by atoms with E-state index < -0.39 is 0 Å². The van der Waals surface area contributed by atoms with E-state index in [0.29, 0.717) is 6.10 Å². The molecule has 88 valence electrons. The Labute approximate surface area is 94.0 Å². The SMILES string of the molecule is CO[C@@H]1CCN(CC2CC2)C[C@H]1C(C)C. The Balaban J connectivity index is 1.86. The lowest BCUT2D eigenvalue weighted by Crippen LogP contribution is -2.46. The van der Waals surface area contributed by atoms with Crippen LogP contribution in [0.2, 0.25) is 0 Å². The average Bonchev–Trinajstić information content (AvgIpc) is 3.01. The van der Waals surface area contributed by atoms with Gasteiger partial charge in [-0.3, -0.25) is 0 Å². The van der Waals surface area contributed by atoms with Crippen LogP contribution in [0, 0.1) is 17.8 Å². The minimum Gasteiger partial charge on any atom is -0.381 e. The molecule has 0 bridgehead atoms. The van der Waals surface area contributed by atoms with Gasteiger partial charge in [0, 0.05) is 32.7 Å². The van der Waals surface area contributed by atoms with Crippen LogP contribution < -0.4 is 0 Å². The van der Waals surface area contributed by atoms with Crippen molar-refractivity contribution in [2.45, 2.75) is 39.2 Å². The third-order valence-electron chi connectivity index (χ3n) is 4.05. The first kappa shape index (κ1) is 11.4. The van der Waals surface area contributed by atoms with Gasteiger partial charge in [-0.1, -0.05) is 13.8 Å². The summed E-state index contributed by atoms with van der Waals surface area (Å²) in [6, 6.07) is 0. The lowest BCUT2D eigenvalue weighted by Gasteiger charge is -2.40. The van der Waals surface area contributed by atoms with Crippen molar-refractivity contribution < 1.29 is 4.74 Å². The zero-order valence-electron chi connectivity index (χ0n) is 10.4. The fraction of sp³-hybridized carbons (Fsp3) is 1.00. The molecule has 0 aromatic carbocycles. The highest BCUT2D eigenvalue weighted by Gasteiger charge is 2.33. The van der Waals surface area contributed by atoms with Gasteiger partial charge in [-0.15, -0.1) is 0 Å². The maximum absolute atomic E-state index is 5.61. The monoisotopic (exact) mass is 211 g/mol. The van der Waals surface area contributed by atoms with Crippen molar-refractivity contribution in [3.63, 3.8) is 0 Å². The molecule has 0 aromatic rings. The van der Waals surface area contributed by atoms with Crippen molar-refractivity contribution in [1.82, 2.24) is 4.90 Å². The van der Waals surface area contributed by atoms with Crippen molar-refractivity contribution in [1.29, 1.82) is 0 Å². The van der Waals surface area contributed by atoms with Crippen molar-refractivity contribution in [2.24, 2.45) is 17.8 Å². The van der Waals surface area contributed by atoms with Crippen molar-refractivity contribution in [2.75, 3.05) is 26.7 Å². The molecule has 0 aromatic heterocycles. The summed E-state index contributed by atoms with van der Waals surface area (Å²) in [7, 11) is 1.87. The predicted octanol–water partition coefficient (Wildman–Crippen LogP) is 2.39. The first-order valence-corrected chi connectivity index (χ1v) is 6.46. The quantitative estimate of drug-likeness (QED) is 0.708. The number of ether oxygens (including phenoxy) is 1. The van der Waals surface area contributed by atoms with Gasteiger partial charge in [0.15, 0.2) is 0 Å². The standard InChI is InChI=1S/C13H25NO/c1-10(2)12-9-14(8-11-4-5-11)7-6-13(12)15-3/h10-13H,4-9H2,1-3H3/t12-,13+/m0/s1. The van der Waals surface area contributed by atoms with Crippen LogP contribution in [-0.2, 0) is 4.74 Å². The second-order valence-corrected chi connectivity index (χ2v) is 5.67. The number of piperidine rings is 1. The van der Waals surface area contributed by atoms with Crippen LogP contribution in [-0.4, -0.2) is 37.7 Å². The molecule has 1 aliphatic carbocycles. The predicted molar refractivity (Wildman–Crippen MR) is 62.9 cm³/mol. The van der Waals surface area contributed by atoms with Crippen LogP contribution in [0.5, 0.6) is 0 Å². The highest BCUT2D eigenvalue weighted by atomic mass is 16.5. The van der Waals surface area contributed by atoms with E-state index in [1.54, 1.807) is 0 Å². The molecule has 0 spiro atoms. The fourth-order valence-corrected chi connectivity index (χ4v) is 2.80. The highest BCUT2D eigenvalue weighted by Crippen LogP contribution is 2.33. The van der Waals surface area contributed by atoms with Crippen LogP contribution in [0.15, 0.2) is 0 Å². The Kier molecular flexibility index (Phi) is 3.68. The zero-order valence-corrected chi connectivity index (χ0v) is 10.4. The Morgan fingerprint density at radius 3 is 2.53 bits per heavy atom. The van der Waals surface area contributed by atoms with E-state index in [1.165, 1.54) is 38.9 Å². The largest absolute Gasteiger partial charge is 0.381 e. The molecule has 2 fully saturated rings. The molecule has 0 amide bonds. The summed E-state index contributed by atoms with van der Waals surface area (Å²) >= 11 is 0. The number of hydrogen-bond acceptors (Lipinski definition) is 2. The normalized spacial score (nSPS) is 33.6. The van der Waals surface area contributed by atoms with Crippen LogP contribution in [0.25, 0.3) is 0 Å². The molecule has 1 saturated heterocycles. The average molecular weight is 211 g/mol. The van der Waals surface area contributed by atoms with Gasteiger partial charge < -0.3 is 9.64 Å². The Bertz CT molecular complexity index is 201. The first-order chi connectivity index (χ1) is 7.20. The molecule has 2 heteroatoms. The van der Waals surface area contributed by atoms with Crippen molar-refractivity contribution in [3.8, 4) is 0 Å². The van der Waals surface area contributed by atoms with Gasteiger partial charge in [0.25, 0.3) is 0 Å². The van der Waals surface area contributed by atoms with Crippen LogP contribution in [0.3, 0.4) is 0 Å². The van der Waals surface area contributed by atoms with Gasteiger partial charge >= 0.3 is 0 Å². The van der Waals surface area contributed by atoms with E-state index in [9.17, 15) is 0 Å². The van der Waals surface area contributed by atoms with E-state index in [-0.39, 0.29) is 0 Å². The summed E-state index contributed by atoms with van der Waals surface area (Å²) in [4.78, 5) is 2.66. The van der Waals surface area contributed by atoms with E-state index in [4.69, 9.17) is 4.74 Å². The molecular weight excluding hydrogens is 186 g/mol. The molecule has 15 heavy (non-hydrogen) atoms. The topological polar surface area (TPSA) is 12.5 Å². The summed E-state index contributed by atoms with van der Waals surface area (Å²) in [5.74, 6) is 2.51. The van der Waals surface area contributed by atoms with Gasteiger partial charge in [0.1, 0.15) is 0 Å². The smallest absolute Gasteiger partial charge is 0.0626 e. The summed E-state index contributed by atoms with van der Waals surface area (Å²) in [5, 5.41) is 0. The second kappa shape index (κ2) is 4.84. The Morgan fingerprint density at radius 1 is 1.27 bits per heavy atom. The van der Waals surface area contributed by atoms with Gasteiger partial charge in [-0.05, 0) is 31.1 Å². The van der Waals surface area contributed by atoms with Gasteiger partial charge in [-0.25, -0.2) is 0 Å². The molecule has 2 atom stereocenters. The molecule has 0 radical (unpaired) electrons. The zero-order chi connectivity index (χ0) is 10.8. The molecule has 2 rings (SSSR count). The molecule has 1 saturated carbocycles. The number of nitrogens with zero attached hydrogens (tertiary/aromatic N) is 1. The summed E-state index contributed by atoms with van der Waals surface area (Å²) in [6.07, 6.45) is 4.67. The van der Waals surface area contributed by atoms with Gasteiger partial charge in [-0.2, -0.15) is 0 Å². The molecule has 1 heterocycles. The highest BCUT2D eigenvalue weighted by molar-refractivity contribution is 4.86. The van der Waals surface area contributed by atoms with Gasteiger partial charge in [0.2, 0.25) is 0 Å². The summed E-state index contributed by atoms with van der Waals surface area (Å²) in [6.45, 7) is 8.51. The third-order valence-corrected chi connectivity index (χ3v) is 4.05. The summed E-state index contributed by atoms with van der Waals surface area (Å²) < 4.78 is 5.61. The maximum atomic E-state index is 5.61. The lowest BCUT2D eigenvalue weighted by molar-refractivity contribution is -0.0246. The van der Waals surface area contributed by atoms with E-state index in [2.05, 4.69) is 18.7 Å². The number of methoxy groups -OCH3 is 1. The van der Waals surface area contributed by atoms with Gasteiger partial charge in [0.05, 0.1) is 6.10 Å². The first-order valence-electron chi connectivity index (χ1n) is 6.46. The molecule has 2 nitrogen and oxygen atoms in total. The van der Waals surface area contributed by atoms with Crippen molar-refractivity contribution in [3.05, 3.63) is 0 Å². The van der Waals surface area contributed by atoms with E-state index >= 15 is 0 Å². The Morgan fingerprint density at radius 2 is 2.00 bits per heavy atom. The molecule has 0 N–H and O–H groups in total. The number of rotatable bonds is 4.